The second-order valence-corrected chi connectivity index (χ2v) is 2.07. The van der Waals surface area contributed by atoms with Gasteiger partial charge in [-0.05, 0) is 12.1 Å². The Labute approximate surface area is 68.1 Å². The fourth-order valence-corrected chi connectivity index (χ4v) is 0.694. The molecule has 0 atom stereocenters. The third-order valence-electron chi connectivity index (χ3n) is 1.25. The molecule has 0 aliphatic rings. The molecule has 0 fully saturated rings. The van der Waals surface area contributed by atoms with Crippen LogP contribution in [-0.4, -0.2) is 16.6 Å². The highest BCUT2D eigenvalue weighted by Gasteiger charge is 2.08. The van der Waals surface area contributed by atoms with E-state index in [1.165, 1.54) is 12.3 Å². The van der Waals surface area contributed by atoms with E-state index in [0.717, 1.165) is 0 Å². The SMILES string of the molecule is O=[N+]([O-])C(=Cc1ccco1)CO. The molecular weight excluding hydrogens is 162 g/mol. The van der Waals surface area contributed by atoms with Crippen molar-refractivity contribution < 1.29 is 14.4 Å². The van der Waals surface area contributed by atoms with Crippen molar-refractivity contribution in [1.82, 2.24) is 0 Å². The van der Waals surface area contributed by atoms with Crippen molar-refractivity contribution in [3.63, 3.8) is 0 Å². The molecule has 5 heteroatoms. The number of hydrogen-bond acceptors (Lipinski definition) is 4. The lowest BCUT2D eigenvalue weighted by Gasteiger charge is -1.90. The van der Waals surface area contributed by atoms with Gasteiger partial charge in [-0.1, -0.05) is 0 Å². The Morgan fingerprint density at radius 2 is 2.58 bits per heavy atom. The minimum absolute atomic E-state index is 0.287. The first-order chi connectivity index (χ1) is 5.74. The van der Waals surface area contributed by atoms with Crippen LogP contribution in [0.15, 0.2) is 28.5 Å². The van der Waals surface area contributed by atoms with Gasteiger partial charge in [-0.25, -0.2) is 0 Å². The molecule has 0 bridgehead atoms. The second kappa shape index (κ2) is 3.68. The van der Waals surface area contributed by atoms with Crippen molar-refractivity contribution in [1.29, 1.82) is 0 Å². The molecule has 0 amide bonds. The van der Waals surface area contributed by atoms with E-state index in [-0.39, 0.29) is 5.70 Å². The smallest absolute Gasteiger partial charge is 0.275 e. The molecular formula is C7H7NO4. The maximum atomic E-state index is 10.2. The summed E-state index contributed by atoms with van der Waals surface area (Å²) >= 11 is 0. The van der Waals surface area contributed by atoms with Crippen LogP contribution in [-0.2, 0) is 0 Å². The molecule has 0 saturated carbocycles. The van der Waals surface area contributed by atoms with Crippen LogP contribution >= 0.6 is 0 Å². The van der Waals surface area contributed by atoms with Crippen LogP contribution in [0, 0.1) is 10.1 Å². The number of nitrogens with zero attached hydrogens (tertiary/aromatic N) is 1. The quantitative estimate of drug-likeness (QED) is 0.538. The van der Waals surface area contributed by atoms with Gasteiger partial charge < -0.3 is 9.52 Å². The van der Waals surface area contributed by atoms with Crippen LogP contribution in [0.3, 0.4) is 0 Å². The first-order valence-corrected chi connectivity index (χ1v) is 3.23. The summed E-state index contributed by atoms with van der Waals surface area (Å²) in [6, 6.07) is 3.18. The first-order valence-electron chi connectivity index (χ1n) is 3.23. The van der Waals surface area contributed by atoms with Gasteiger partial charge in [-0.3, -0.25) is 10.1 Å². The third kappa shape index (κ3) is 1.93. The van der Waals surface area contributed by atoms with Crippen LogP contribution < -0.4 is 0 Å². The van der Waals surface area contributed by atoms with Gasteiger partial charge in [0.25, 0.3) is 5.70 Å². The Hall–Kier alpha value is -1.62. The molecule has 0 spiro atoms. The summed E-state index contributed by atoms with van der Waals surface area (Å²) in [5.74, 6) is 0.357. The number of aliphatic hydroxyl groups excluding tert-OH is 1. The molecule has 1 aromatic heterocycles. The van der Waals surface area contributed by atoms with Crippen molar-refractivity contribution in [2.45, 2.75) is 0 Å². The van der Waals surface area contributed by atoms with Gasteiger partial charge in [0.2, 0.25) is 0 Å². The van der Waals surface area contributed by atoms with E-state index in [1.807, 2.05) is 0 Å². The summed E-state index contributed by atoms with van der Waals surface area (Å²) in [6.45, 7) is -0.603. The van der Waals surface area contributed by atoms with Crippen molar-refractivity contribution in [2.75, 3.05) is 6.61 Å². The Morgan fingerprint density at radius 3 is 3.00 bits per heavy atom. The Balaban J connectivity index is 2.85. The maximum absolute atomic E-state index is 10.2. The van der Waals surface area contributed by atoms with E-state index in [1.54, 1.807) is 12.1 Å². The van der Waals surface area contributed by atoms with Crippen molar-refractivity contribution in [2.24, 2.45) is 0 Å². The average molecular weight is 169 g/mol. The fraction of sp³-hybridized carbons (Fsp3) is 0.143. The molecule has 1 rings (SSSR count). The topological polar surface area (TPSA) is 76.5 Å². The zero-order chi connectivity index (χ0) is 8.97. The zero-order valence-corrected chi connectivity index (χ0v) is 6.14. The summed E-state index contributed by atoms with van der Waals surface area (Å²) in [5, 5.41) is 18.7. The monoisotopic (exact) mass is 169 g/mol. The van der Waals surface area contributed by atoms with E-state index in [2.05, 4.69) is 0 Å². The average Bonchev–Trinajstić information content (AvgIpc) is 2.51. The molecule has 5 nitrogen and oxygen atoms in total. The summed E-state index contributed by atoms with van der Waals surface area (Å²) < 4.78 is 4.82. The van der Waals surface area contributed by atoms with E-state index in [0.29, 0.717) is 5.76 Å². The van der Waals surface area contributed by atoms with E-state index in [4.69, 9.17) is 9.52 Å². The van der Waals surface area contributed by atoms with Crippen molar-refractivity contribution in [3.8, 4) is 0 Å². The molecule has 0 aromatic carbocycles. The fourth-order valence-electron chi connectivity index (χ4n) is 0.694. The number of nitro groups is 1. The highest BCUT2D eigenvalue weighted by molar-refractivity contribution is 5.44. The molecule has 0 unspecified atom stereocenters. The Morgan fingerprint density at radius 1 is 1.83 bits per heavy atom. The molecule has 0 aliphatic carbocycles. The molecule has 1 heterocycles. The predicted octanol–water partition coefficient (Wildman–Crippen LogP) is 0.889. The van der Waals surface area contributed by atoms with Crippen LogP contribution in [0.1, 0.15) is 5.76 Å². The lowest BCUT2D eigenvalue weighted by Crippen LogP contribution is -2.02. The molecule has 64 valence electrons. The van der Waals surface area contributed by atoms with Gasteiger partial charge in [0, 0.05) is 0 Å². The van der Waals surface area contributed by atoms with Crippen LogP contribution in [0.4, 0.5) is 0 Å². The van der Waals surface area contributed by atoms with Gasteiger partial charge in [-0.15, -0.1) is 0 Å². The summed E-state index contributed by atoms with van der Waals surface area (Å²) in [7, 11) is 0. The number of rotatable bonds is 3. The van der Waals surface area contributed by atoms with E-state index in [9.17, 15) is 10.1 Å². The third-order valence-corrected chi connectivity index (χ3v) is 1.25. The summed E-state index contributed by atoms with van der Waals surface area (Å²) in [4.78, 5) is 9.54. The molecule has 1 N–H and O–H groups in total. The summed E-state index contributed by atoms with van der Waals surface area (Å²) in [5.41, 5.74) is -0.287. The zero-order valence-electron chi connectivity index (χ0n) is 6.14. The molecule has 0 aliphatic heterocycles. The standard InChI is InChI=1S/C7H7NO4/c9-5-6(8(10)11)4-7-2-1-3-12-7/h1-4,9H,5H2. The van der Waals surface area contributed by atoms with E-state index >= 15 is 0 Å². The number of furan rings is 1. The Kier molecular flexibility index (Phi) is 2.60. The maximum Gasteiger partial charge on any atom is 0.275 e. The minimum Gasteiger partial charge on any atom is -0.465 e. The van der Waals surface area contributed by atoms with Gasteiger partial charge in [0.05, 0.1) is 17.3 Å². The van der Waals surface area contributed by atoms with Crippen LogP contribution in [0.5, 0.6) is 0 Å². The summed E-state index contributed by atoms with van der Waals surface area (Å²) in [6.07, 6.45) is 2.58. The molecule has 0 radical (unpaired) electrons. The lowest BCUT2D eigenvalue weighted by molar-refractivity contribution is -0.428. The highest BCUT2D eigenvalue weighted by Crippen LogP contribution is 2.06. The second-order valence-electron chi connectivity index (χ2n) is 2.07. The van der Waals surface area contributed by atoms with Crippen LogP contribution in [0.25, 0.3) is 6.08 Å². The van der Waals surface area contributed by atoms with Gasteiger partial charge in [-0.2, -0.15) is 0 Å². The van der Waals surface area contributed by atoms with Gasteiger partial charge in [0.1, 0.15) is 12.4 Å². The van der Waals surface area contributed by atoms with Crippen LogP contribution in [0.2, 0.25) is 0 Å². The normalized spacial score (nSPS) is 11.6. The van der Waals surface area contributed by atoms with Crippen molar-refractivity contribution in [3.05, 3.63) is 40.0 Å². The first kappa shape index (κ1) is 8.48. The van der Waals surface area contributed by atoms with Gasteiger partial charge in [0.15, 0.2) is 0 Å². The minimum atomic E-state index is -0.650. The Bertz CT molecular complexity index is 288. The largest absolute Gasteiger partial charge is 0.465 e. The van der Waals surface area contributed by atoms with Gasteiger partial charge >= 0.3 is 0 Å². The predicted molar refractivity (Wildman–Crippen MR) is 40.8 cm³/mol. The lowest BCUT2D eigenvalue weighted by atomic mass is 10.3. The highest BCUT2D eigenvalue weighted by atomic mass is 16.6. The number of aliphatic hydroxyl groups is 1. The van der Waals surface area contributed by atoms with Crippen molar-refractivity contribution >= 4 is 6.08 Å². The molecule has 1 aromatic rings. The van der Waals surface area contributed by atoms with E-state index < -0.39 is 11.5 Å². The molecule has 12 heavy (non-hydrogen) atoms. The number of hydrogen-bond donors (Lipinski definition) is 1. The molecule has 0 saturated heterocycles.